The maximum Gasteiger partial charge on any atom is 0.416 e. The van der Waals surface area contributed by atoms with Gasteiger partial charge < -0.3 is 10.3 Å². The second-order valence-corrected chi connectivity index (χ2v) is 4.55. The molecular formula is C15H12F3N2O2-. The van der Waals surface area contributed by atoms with Crippen LogP contribution in [0.3, 0.4) is 0 Å². The van der Waals surface area contributed by atoms with E-state index in [9.17, 15) is 23.2 Å². The van der Waals surface area contributed by atoms with Crippen LogP contribution in [0.25, 0.3) is 0 Å². The molecule has 0 saturated carbocycles. The summed E-state index contributed by atoms with van der Waals surface area (Å²) in [7, 11) is 0. The highest BCUT2D eigenvalue weighted by Crippen LogP contribution is 2.29. The third-order valence-electron chi connectivity index (χ3n) is 2.98. The Morgan fingerprint density at radius 1 is 1.14 bits per heavy atom. The van der Waals surface area contributed by atoms with Gasteiger partial charge in [-0.15, -0.1) is 0 Å². The van der Waals surface area contributed by atoms with Crippen LogP contribution in [0.15, 0.2) is 48.7 Å². The van der Waals surface area contributed by atoms with E-state index in [2.05, 4.69) is 4.98 Å². The molecule has 2 rings (SSSR count). The molecule has 0 saturated heterocycles. The minimum Gasteiger partial charge on any atom is -0.756 e. The normalized spacial score (nSPS) is 11.3. The summed E-state index contributed by atoms with van der Waals surface area (Å²) in [6.45, 7) is -0.114. The van der Waals surface area contributed by atoms with Crippen molar-refractivity contribution in [1.29, 1.82) is 0 Å². The number of pyridine rings is 1. The molecule has 0 aliphatic carbocycles. The fourth-order valence-corrected chi connectivity index (χ4v) is 1.81. The van der Waals surface area contributed by atoms with E-state index in [1.54, 1.807) is 24.4 Å². The van der Waals surface area contributed by atoms with Gasteiger partial charge in [0.15, 0.2) is 0 Å². The van der Waals surface area contributed by atoms with Crippen molar-refractivity contribution >= 4 is 5.91 Å². The molecule has 0 fully saturated rings. The Kier molecular flexibility index (Phi) is 4.77. The fraction of sp³-hybridized carbons (Fsp3) is 0.200. The zero-order valence-corrected chi connectivity index (χ0v) is 11.4. The SMILES string of the molecule is O=C(c1ccc(C(F)(F)F)cc1)N([O-])CCc1ccccn1. The fourth-order valence-electron chi connectivity index (χ4n) is 1.81. The van der Waals surface area contributed by atoms with Gasteiger partial charge in [0.25, 0.3) is 0 Å². The zero-order chi connectivity index (χ0) is 16.2. The molecule has 1 aromatic carbocycles. The molecule has 1 aromatic heterocycles. The Hall–Kier alpha value is -2.41. The Bertz CT molecular complexity index is 627. The van der Waals surface area contributed by atoms with Gasteiger partial charge in [-0.3, -0.25) is 9.78 Å². The molecule has 0 atom stereocenters. The van der Waals surface area contributed by atoms with Gasteiger partial charge in [-0.1, -0.05) is 6.07 Å². The monoisotopic (exact) mass is 309 g/mol. The van der Waals surface area contributed by atoms with E-state index in [4.69, 9.17) is 0 Å². The van der Waals surface area contributed by atoms with Crippen molar-refractivity contribution < 1.29 is 18.0 Å². The Morgan fingerprint density at radius 3 is 2.36 bits per heavy atom. The molecule has 0 bridgehead atoms. The lowest BCUT2D eigenvalue weighted by Crippen LogP contribution is -2.27. The number of hydroxylamine groups is 2. The van der Waals surface area contributed by atoms with Crippen molar-refractivity contribution in [3.8, 4) is 0 Å². The molecule has 7 heteroatoms. The van der Waals surface area contributed by atoms with Crippen LogP contribution in [0.4, 0.5) is 13.2 Å². The minimum absolute atomic E-state index is 0.0796. The largest absolute Gasteiger partial charge is 0.756 e. The first-order valence-corrected chi connectivity index (χ1v) is 6.44. The first-order valence-electron chi connectivity index (χ1n) is 6.44. The maximum atomic E-state index is 12.4. The smallest absolute Gasteiger partial charge is 0.416 e. The summed E-state index contributed by atoms with van der Waals surface area (Å²) in [5, 5.41) is 11.9. The first kappa shape index (κ1) is 16.0. The summed E-state index contributed by atoms with van der Waals surface area (Å²) < 4.78 is 37.3. The molecule has 0 spiro atoms. The number of carbonyl (C=O) groups is 1. The zero-order valence-electron chi connectivity index (χ0n) is 11.4. The van der Waals surface area contributed by atoms with Crippen LogP contribution in [-0.4, -0.2) is 22.5 Å². The minimum atomic E-state index is -4.47. The highest BCUT2D eigenvalue weighted by atomic mass is 19.4. The number of benzene rings is 1. The molecule has 0 N–H and O–H groups in total. The number of alkyl halides is 3. The summed E-state index contributed by atoms with van der Waals surface area (Å²) in [5.41, 5.74) is -0.289. The summed E-state index contributed by atoms with van der Waals surface area (Å²) in [5.74, 6) is -0.871. The molecule has 116 valence electrons. The molecule has 2 aromatic rings. The van der Waals surface area contributed by atoms with E-state index >= 15 is 0 Å². The van der Waals surface area contributed by atoms with Crippen LogP contribution in [0.2, 0.25) is 0 Å². The number of hydrogen-bond acceptors (Lipinski definition) is 3. The van der Waals surface area contributed by atoms with Crippen molar-refractivity contribution in [2.24, 2.45) is 0 Å². The molecule has 0 unspecified atom stereocenters. The van der Waals surface area contributed by atoms with Gasteiger partial charge in [0.05, 0.1) is 5.56 Å². The predicted molar refractivity (Wildman–Crippen MR) is 73.8 cm³/mol. The lowest BCUT2D eigenvalue weighted by atomic mass is 10.1. The standard InChI is InChI=1S/C15H12F3N2O2/c16-15(17,18)12-6-4-11(5-7-12)14(21)20(22)10-8-13-3-1-2-9-19-13/h1-7,9H,8,10H2/q-1. The number of rotatable bonds is 4. The van der Waals surface area contributed by atoms with Gasteiger partial charge >= 0.3 is 6.18 Å². The van der Waals surface area contributed by atoms with Gasteiger partial charge in [0, 0.05) is 30.4 Å². The van der Waals surface area contributed by atoms with Crippen LogP contribution in [0.1, 0.15) is 21.6 Å². The summed E-state index contributed by atoms with van der Waals surface area (Å²) in [4.78, 5) is 15.9. The number of amides is 1. The molecule has 0 aliphatic rings. The maximum absolute atomic E-state index is 12.4. The lowest BCUT2D eigenvalue weighted by Gasteiger charge is -2.28. The van der Waals surface area contributed by atoms with Gasteiger partial charge in [-0.2, -0.15) is 13.2 Å². The Morgan fingerprint density at radius 2 is 1.82 bits per heavy atom. The molecule has 1 heterocycles. The van der Waals surface area contributed by atoms with Crippen molar-refractivity contribution in [1.82, 2.24) is 10.0 Å². The van der Waals surface area contributed by atoms with E-state index in [0.717, 1.165) is 24.3 Å². The quantitative estimate of drug-likeness (QED) is 0.814. The van der Waals surface area contributed by atoms with Crippen LogP contribution in [0.5, 0.6) is 0 Å². The van der Waals surface area contributed by atoms with Gasteiger partial charge in [-0.25, -0.2) is 0 Å². The topological polar surface area (TPSA) is 56.3 Å². The third kappa shape index (κ3) is 4.05. The third-order valence-corrected chi connectivity index (χ3v) is 2.98. The van der Waals surface area contributed by atoms with E-state index in [1.807, 2.05) is 0 Å². The summed E-state index contributed by atoms with van der Waals surface area (Å²) in [6, 6.07) is 8.75. The molecule has 0 aliphatic heterocycles. The van der Waals surface area contributed by atoms with E-state index < -0.39 is 17.6 Å². The molecule has 22 heavy (non-hydrogen) atoms. The summed E-state index contributed by atoms with van der Waals surface area (Å²) in [6.07, 6.45) is -2.63. The number of nitrogens with zero attached hydrogens (tertiary/aromatic N) is 2. The molecule has 4 nitrogen and oxygen atoms in total. The van der Waals surface area contributed by atoms with Crippen molar-refractivity contribution in [2.45, 2.75) is 12.6 Å². The second kappa shape index (κ2) is 6.57. The Labute approximate surface area is 124 Å². The highest BCUT2D eigenvalue weighted by Gasteiger charge is 2.30. The van der Waals surface area contributed by atoms with Crippen molar-refractivity contribution in [3.05, 3.63) is 70.7 Å². The average molecular weight is 309 g/mol. The van der Waals surface area contributed by atoms with Crippen LogP contribution in [0, 0.1) is 5.21 Å². The highest BCUT2D eigenvalue weighted by molar-refractivity contribution is 5.94. The van der Waals surface area contributed by atoms with Gasteiger partial charge in [-0.05, 0) is 36.4 Å². The van der Waals surface area contributed by atoms with E-state index in [0.29, 0.717) is 5.69 Å². The van der Waals surface area contributed by atoms with Crippen molar-refractivity contribution in [2.75, 3.05) is 6.54 Å². The Balaban J connectivity index is 1.98. The number of hydrogen-bond donors (Lipinski definition) is 0. The average Bonchev–Trinajstić information content (AvgIpc) is 2.52. The van der Waals surface area contributed by atoms with Crippen LogP contribution >= 0.6 is 0 Å². The number of halogens is 3. The predicted octanol–water partition coefficient (Wildman–Crippen LogP) is 3.28. The van der Waals surface area contributed by atoms with Gasteiger partial charge in [0.1, 0.15) is 0 Å². The molecular weight excluding hydrogens is 297 g/mol. The van der Waals surface area contributed by atoms with Crippen LogP contribution in [-0.2, 0) is 12.6 Å². The van der Waals surface area contributed by atoms with Crippen molar-refractivity contribution in [3.63, 3.8) is 0 Å². The molecule has 1 amide bonds. The van der Waals surface area contributed by atoms with E-state index in [-0.39, 0.29) is 23.6 Å². The number of carbonyl (C=O) groups excluding carboxylic acids is 1. The second-order valence-electron chi connectivity index (χ2n) is 4.55. The van der Waals surface area contributed by atoms with Crippen LogP contribution < -0.4 is 0 Å². The van der Waals surface area contributed by atoms with E-state index in [1.165, 1.54) is 0 Å². The number of aromatic nitrogens is 1. The van der Waals surface area contributed by atoms with Gasteiger partial charge in [0.2, 0.25) is 5.91 Å². The lowest BCUT2D eigenvalue weighted by molar-refractivity contribution is -0.137. The first-order chi connectivity index (χ1) is 10.4. The summed E-state index contributed by atoms with van der Waals surface area (Å²) >= 11 is 0. The molecule has 0 radical (unpaired) electrons.